The molecule has 0 aromatic carbocycles. The van der Waals surface area contributed by atoms with Gasteiger partial charge in [0.15, 0.2) is 0 Å². The van der Waals surface area contributed by atoms with Crippen LogP contribution in [0.5, 0.6) is 0 Å². The minimum absolute atomic E-state index is 0.0681. The molecule has 0 aliphatic heterocycles. The molecule has 0 amide bonds. The van der Waals surface area contributed by atoms with Crippen LogP contribution in [0.25, 0.3) is 0 Å². The highest BCUT2D eigenvalue weighted by Gasteiger charge is 2.72. The van der Waals surface area contributed by atoms with E-state index < -0.39 is 5.60 Å². The topological polar surface area (TPSA) is 37.3 Å². The first-order valence-corrected chi connectivity index (χ1v) is 5.17. The van der Waals surface area contributed by atoms with Crippen molar-refractivity contribution in [2.24, 2.45) is 16.7 Å². The molecule has 0 spiro atoms. The number of fused-ring (bicyclic) bond motifs is 1. The van der Waals surface area contributed by atoms with Gasteiger partial charge in [0.2, 0.25) is 0 Å². The maximum absolute atomic E-state index is 11.7. The number of hydrogen-bond acceptors (Lipinski definition) is 2. The fraction of sp³-hybridized carbons (Fsp3) is 0.750. The number of aliphatic hydroxyl groups is 1. The summed E-state index contributed by atoms with van der Waals surface area (Å²) >= 11 is 0. The molecule has 2 heteroatoms. The molecule has 14 heavy (non-hydrogen) atoms. The van der Waals surface area contributed by atoms with Crippen molar-refractivity contribution in [3.8, 4) is 0 Å². The zero-order valence-corrected chi connectivity index (χ0v) is 9.13. The van der Waals surface area contributed by atoms with Crippen LogP contribution in [0.3, 0.4) is 0 Å². The van der Waals surface area contributed by atoms with E-state index in [2.05, 4.69) is 6.58 Å². The largest absolute Gasteiger partial charge is 0.385 e. The second kappa shape index (κ2) is 2.30. The first-order chi connectivity index (χ1) is 6.28. The van der Waals surface area contributed by atoms with Gasteiger partial charge < -0.3 is 5.11 Å². The first kappa shape index (κ1) is 9.91. The Hall–Kier alpha value is -0.630. The van der Waals surface area contributed by atoms with Crippen LogP contribution in [0.15, 0.2) is 12.7 Å². The number of carbonyl (C=O) groups excluding carboxylic acids is 1. The SMILES string of the molecule is C=C[C@]1(O)C(C)(C)CC(=O)[C@@H]2C[C@@]21C. The fourth-order valence-corrected chi connectivity index (χ4v) is 3.23. The molecule has 1 N–H and O–H groups in total. The molecule has 2 fully saturated rings. The smallest absolute Gasteiger partial charge is 0.137 e. The summed E-state index contributed by atoms with van der Waals surface area (Å²) in [5.74, 6) is 0.377. The molecule has 3 atom stereocenters. The summed E-state index contributed by atoms with van der Waals surface area (Å²) in [6, 6.07) is 0. The molecule has 0 aromatic heterocycles. The lowest BCUT2D eigenvalue weighted by atomic mass is 9.59. The Morgan fingerprint density at radius 3 is 2.57 bits per heavy atom. The monoisotopic (exact) mass is 194 g/mol. The molecule has 2 rings (SSSR count). The van der Waals surface area contributed by atoms with Crippen LogP contribution < -0.4 is 0 Å². The van der Waals surface area contributed by atoms with Crippen LogP contribution in [0.1, 0.15) is 33.6 Å². The molecule has 2 saturated carbocycles. The number of rotatable bonds is 1. The van der Waals surface area contributed by atoms with E-state index in [9.17, 15) is 9.90 Å². The van der Waals surface area contributed by atoms with Gasteiger partial charge in [0.1, 0.15) is 5.78 Å². The number of carbonyl (C=O) groups is 1. The van der Waals surface area contributed by atoms with Gasteiger partial charge in [-0.05, 0) is 6.42 Å². The van der Waals surface area contributed by atoms with E-state index in [1.54, 1.807) is 6.08 Å². The number of ketones is 1. The van der Waals surface area contributed by atoms with E-state index in [1.165, 1.54) is 0 Å². The van der Waals surface area contributed by atoms with Crippen LogP contribution >= 0.6 is 0 Å². The molecule has 78 valence electrons. The molecule has 0 bridgehead atoms. The van der Waals surface area contributed by atoms with Crippen LogP contribution in [0, 0.1) is 16.7 Å². The van der Waals surface area contributed by atoms with Crippen molar-refractivity contribution in [2.75, 3.05) is 0 Å². The molecule has 2 nitrogen and oxygen atoms in total. The Balaban J connectivity index is 2.48. The lowest BCUT2D eigenvalue weighted by molar-refractivity contribution is -0.144. The maximum atomic E-state index is 11.7. The van der Waals surface area contributed by atoms with Gasteiger partial charge in [-0.15, -0.1) is 6.58 Å². The zero-order valence-electron chi connectivity index (χ0n) is 9.13. The first-order valence-electron chi connectivity index (χ1n) is 5.17. The van der Waals surface area contributed by atoms with Crippen LogP contribution in [0.2, 0.25) is 0 Å². The summed E-state index contributed by atoms with van der Waals surface area (Å²) in [4.78, 5) is 11.7. The lowest BCUT2D eigenvalue weighted by Gasteiger charge is -2.48. The molecule has 0 radical (unpaired) electrons. The molecule has 0 saturated heterocycles. The van der Waals surface area contributed by atoms with E-state index >= 15 is 0 Å². The highest BCUT2D eigenvalue weighted by atomic mass is 16.3. The van der Waals surface area contributed by atoms with E-state index in [1.807, 2.05) is 20.8 Å². The van der Waals surface area contributed by atoms with Gasteiger partial charge in [0.05, 0.1) is 5.60 Å². The van der Waals surface area contributed by atoms with Gasteiger partial charge >= 0.3 is 0 Å². The molecule has 2 aliphatic carbocycles. The minimum atomic E-state index is -0.890. The highest BCUT2D eigenvalue weighted by Crippen LogP contribution is 2.69. The second-order valence-corrected chi connectivity index (χ2v) is 5.67. The summed E-state index contributed by atoms with van der Waals surface area (Å²) in [5.41, 5.74) is -1.53. The maximum Gasteiger partial charge on any atom is 0.137 e. The lowest BCUT2D eigenvalue weighted by Crippen LogP contribution is -2.54. The van der Waals surface area contributed by atoms with Crippen molar-refractivity contribution in [3.05, 3.63) is 12.7 Å². The molecular formula is C12H18O2. The summed E-state index contributed by atoms with van der Waals surface area (Å²) in [6.07, 6.45) is 2.92. The molecular weight excluding hydrogens is 176 g/mol. The van der Waals surface area contributed by atoms with Gasteiger partial charge in [-0.2, -0.15) is 0 Å². The van der Waals surface area contributed by atoms with Crippen LogP contribution in [-0.2, 0) is 4.79 Å². The fourth-order valence-electron chi connectivity index (χ4n) is 3.23. The zero-order chi connectivity index (χ0) is 10.8. The quantitative estimate of drug-likeness (QED) is 0.648. The second-order valence-electron chi connectivity index (χ2n) is 5.67. The third-order valence-corrected chi connectivity index (χ3v) is 4.44. The van der Waals surface area contributed by atoms with Crippen molar-refractivity contribution < 1.29 is 9.90 Å². The Morgan fingerprint density at radius 1 is 1.50 bits per heavy atom. The summed E-state index contributed by atoms with van der Waals surface area (Å²) in [6.45, 7) is 9.64. The Morgan fingerprint density at radius 2 is 2.07 bits per heavy atom. The Labute approximate surface area is 85.0 Å². The Kier molecular flexibility index (Phi) is 1.63. The van der Waals surface area contributed by atoms with Crippen LogP contribution in [-0.4, -0.2) is 16.5 Å². The van der Waals surface area contributed by atoms with Gasteiger partial charge in [0.25, 0.3) is 0 Å². The van der Waals surface area contributed by atoms with E-state index in [0.717, 1.165) is 6.42 Å². The van der Waals surface area contributed by atoms with Gasteiger partial charge in [-0.3, -0.25) is 4.79 Å². The third kappa shape index (κ3) is 0.830. The van der Waals surface area contributed by atoms with Crippen LogP contribution in [0.4, 0.5) is 0 Å². The number of hydrogen-bond donors (Lipinski definition) is 1. The average molecular weight is 194 g/mol. The van der Waals surface area contributed by atoms with Gasteiger partial charge in [0, 0.05) is 23.2 Å². The predicted octanol–water partition coefficient (Wildman–Crippen LogP) is 1.93. The normalized spacial score (nSPS) is 49.7. The van der Waals surface area contributed by atoms with Crippen molar-refractivity contribution in [3.63, 3.8) is 0 Å². The summed E-state index contributed by atoms with van der Waals surface area (Å²) < 4.78 is 0. The van der Waals surface area contributed by atoms with Crippen molar-refractivity contribution in [1.29, 1.82) is 0 Å². The van der Waals surface area contributed by atoms with E-state index in [-0.39, 0.29) is 16.7 Å². The van der Waals surface area contributed by atoms with Gasteiger partial charge in [-0.25, -0.2) is 0 Å². The summed E-state index contributed by atoms with van der Waals surface area (Å²) in [5, 5.41) is 10.6. The van der Waals surface area contributed by atoms with Crippen molar-refractivity contribution in [2.45, 2.75) is 39.2 Å². The average Bonchev–Trinajstić information content (AvgIpc) is 2.76. The predicted molar refractivity (Wildman–Crippen MR) is 54.8 cm³/mol. The van der Waals surface area contributed by atoms with E-state index in [0.29, 0.717) is 12.2 Å². The highest BCUT2D eigenvalue weighted by molar-refractivity contribution is 5.87. The summed E-state index contributed by atoms with van der Waals surface area (Å²) in [7, 11) is 0. The molecule has 0 heterocycles. The van der Waals surface area contributed by atoms with Crippen molar-refractivity contribution in [1.82, 2.24) is 0 Å². The minimum Gasteiger partial charge on any atom is -0.385 e. The van der Waals surface area contributed by atoms with E-state index in [4.69, 9.17) is 0 Å². The Bertz CT molecular complexity index is 312. The molecule has 0 unspecified atom stereocenters. The third-order valence-electron chi connectivity index (χ3n) is 4.44. The van der Waals surface area contributed by atoms with Gasteiger partial charge in [-0.1, -0.05) is 26.8 Å². The standard InChI is InChI=1S/C12H18O2/c1-5-12(14)10(2,3)7-9(13)8-6-11(8,12)4/h5,8,14H,1,6-7H2,2-4H3/t8-,11-,12-/m0/s1. The molecule has 0 aromatic rings. The van der Waals surface area contributed by atoms with Crippen molar-refractivity contribution >= 4 is 5.78 Å². The molecule has 2 aliphatic rings. The number of Topliss-reactive ketones (excluding diaryl/α,β-unsaturated/α-hetero) is 1.